The first kappa shape index (κ1) is 17.8. The molecule has 126 valence electrons. The van der Waals surface area contributed by atoms with Gasteiger partial charge in [-0.3, -0.25) is 4.79 Å². The van der Waals surface area contributed by atoms with Crippen molar-refractivity contribution >= 4 is 29.4 Å². The first-order valence-electron chi connectivity index (χ1n) is 7.72. The summed E-state index contributed by atoms with van der Waals surface area (Å²) in [4.78, 5) is 14.1. The average Bonchev–Trinajstić information content (AvgIpc) is 2.58. The Morgan fingerprint density at radius 1 is 1.25 bits per heavy atom. The average molecular weight is 346 g/mol. The van der Waals surface area contributed by atoms with Crippen LogP contribution >= 0.6 is 11.6 Å². The van der Waals surface area contributed by atoms with E-state index < -0.39 is 5.91 Å². The van der Waals surface area contributed by atoms with E-state index in [0.717, 1.165) is 18.8 Å². The predicted octanol–water partition coefficient (Wildman–Crippen LogP) is 3.66. The molecule has 0 spiro atoms. The van der Waals surface area contributed by atoms with Gasteiger partial charge in [-0.15, -0.1) is 0 Å². The lowest BCUT2D eigenvalue weighted by atomic mass is 10.2. The van der Waals surface area contributed by atoms with Gasteiger partial charge in [0.15, 0.2) is 0 Å². The van der Waals surface area contributed by atoms with Crippen molar-refractivity contribution in [2.75, 3.05) is 18.0 Å². The van der Waals surface area contributed by atoms with Gasteiger partial charge in [-0.1, -0.05) is 23.7 Å². The number of hydrogen-bond donors (Lipinski definition) is 2. The molecule has 0 unspecified atom stereocenters. The zero-order chi connectivity index (χ0) is 17.5. The van der Waals surface area contributed by atoms with Crippen molar-refractivity contribution in [1.82, 2.24) is 5.43 Å². The van der Waals surface area contributed by atoms with Crippen molar-refractivity contribution < 1.29 is 9.90 Å². The molecule has 1 amide bonds. The van der Waals surface area contributed by atoms with Crippen LogP contribution in [-0.2, 0) is 0 Å². The number of anilines is 1. The van der Waals surface area contributed by atoms with Crippen LogP contribution in [0.4, 0.5) is 5.69 Å². The molecule has 2 aromatic carbocycles. The Morgan fingerprint density at radius 3 is 2.58 bits per heavy atom. The third-order valence-corrected chi connectivity index (χ3v) is 3.96. The van der Waals surface area contributed by atoms with Gasteiger partial charge < -0.3 is 10.0 Å². The Kier molecular flexibility index (Phi) is 6.21. The van der Waals surface area contributed by atoms with Crippen LogP contribution in [-0.4, -0.2) is 30.3 Å². The van der Waals surface area contributed by atoms with E-state index in [1.54, 1.807) is 36.4 Å². The smallest absolute Gasteiger partial charge is 0.272 e. The zero-order valence-electron chi connectivity index (χ0n) is 13.7. The maximum absolute atomic E-state index is 12.0. The molecule has 0 aromatic heterocycles. The molecule has 5 nitrogen and oxygen atoms in total. The topological polar surface area (TPSA) is 64.9 Å². The van der Waals surface area contributed by atoms with Gasteiger partial charge in [0.2, 0.25) is 0 Å². The Hall–Kier alpha value is -2.53. The number of phenolic OH excluding ortho intramolecular Hbond substituents is 1. The van der Waals surface area contributed by atoms with Crippen LogP contribution in [0.25, 0.3) is 0 Å². The van der Waals surface area contributed by atoms with Crippen molar-refractivity contribution in [3.8, 4) is 5.75 Å². The second kappa shape index (κ2) is 8.36. The number of phenols is 1. The van der Waals surface area contributed by atoms with Crippen molar-refractivity contribution in [3.05, 3.63) is 58.6 Å². The molecule has 0 saturated carbocycles. The van der Waals surface area contributed by atoms with Crippen molar-refractivity contribution in [2.24, 2.45) is 5.10 Å². The largest absolute Gasteiger partial charge is 0.507 e. The molecule has 0 aliphatic rings. The van der Waals surface area contributed by atoms with Crippen molar-refractivity contribution in [2.45, 2.75) is 13.8 Å². The molecule has 0 bridgehead atoms. The minimum absolute atomic E-state index is 0.107. The number of aromatic hydroxyl groups is 1. The summed E-state index contributed by atoms with van der Waals surface area (Å²) in [7, 11) is 0. The summed E-state index contributed by atoms with van der Waals surface area (Å²) in [5, 5.41) is 14.3. The fraction of sp³-hybridized carbons (Fsp3) is 0.222. The highest BCUT2D eigenvalue weighted by Gasteiger charge is 2.08. The Labute approximate surface area is 146 Å². The van der Waals surface area contributed by atoms with E-state index in [9.17, 15) is 9.90 Å². The lowest BCUT2D eigenvalue weighted by Gasteiger charge is -2.21. The number of nitrogens with one attached hydrogen (secondary N) is 1. The van der Waals surface area contributed by atoms with E-state index in [-0.39, 0.29) is 5.75 Å². The predicted molar refractivity (Wildman–Crippen MR) is 98.2 cm³/mol. The standard InChI is InChI=1S/C18H20ClN3O2/c1-3-22(4-2)14-10-9-13(17(23)11-14)12-20-21-18(24)15-7-5-6-8-16(15)19/h5-12,23H,3-4H2,1-2H3,(H,21,24)/b20-12-. The number of carbonyl (C=O) groups excluding carboxylic acids is 1. The summed E-state index contributed by atoms with van der Waals surface area (Å²) >= 11 is 5.96. The van der Waals surface area contributed by atoms with Gasteiger partial charge in [0.1, 0.15) is 5.75 Å². The van der Waals surface area contributed by atoms with E-state index in [1.165, 1.54) is 6.21 Å². The minimum atomic E-state index is -0.406. The van der Waals surface area contributed by atoms with Crippen LogP contribution < -0.4 is 10.3 Å². The molecule has 0 atom stereocenters. The molecule has 0 aliphatic carbocycles. The van der Waals surface area contributed by atoms with E-state index in [4.69, 9.17) is 11.6 Å². The molecular weight excluding hydrogens is 326 g/mol. The summed E-state index contributed by atoms with van der Waals surface area (Å²) in [5.74, 6) is -0.300. The molecule has 2 N–H and O–H groups in total. The number of nitrogens with zero attached hydrogens (tertiary/aromatic N) is 2. The summed E-state index contributed by atoms with van der Waals surface area (Å²) in [6.07, 6.45) is 1.40. The van der Waals surface area contributed by atoms with E-state index in [0.29, 0.717) is 16.1 Å². The molecule has 0 heterocycles. The summed E-state index contributed by atoms with van der Waals surface area (Å²) < 4.78 is 0. The van der Waals surface area contributed by atoms with Crippen LogP contribution in [0, 0.1) is 0 Å². The minimum Gasteiger partial charge on any atom is -0.507 e. The number of hydrogen-bond acceptors (Lipinski definition) is 4. The normalized spacial score (nSPS) is 10.8. The molecule has 0 fully saturated rings. The first-order chi connectivity index (χ1) is 11.6. The Bertz CT molecular complexity index is 743. The maximum Gasteiger partial charge on any atom is 0.272 e. The molecular formula is C18H20ClN3O2. The van der Waals surface area contributed by atoms with Gasteiger partial charge >= 0.3 is 0 Å². The highest BCUT2D eigenvalue weighted by Crippen LogP contribution is 2.23. The molecule has 2 rings (SSSR count). The van der Waals surface area contributed by atoms with Gasteiger partial charge in [0, 0.05) is 30.4 Å². The number of carbonyl (C=O) groups is 1. The summed E-state index contributed by atoms with van der Waals surface area (Å²) in [6, 6.07) is 12.1. The quantitative estimate of drug-likeness (QED) is 0.620. The number of amides is 1. The number of halogens is 1. The van der Waals surface area contributed by atoms with E-state index in [1.807, 2.05) is 6.07 Å². The lowest BCUT2D eigenvalue weighted by molar-refractivity contribution is 0.0955. The Morgan fingerprint density at radius 2 is 1.96 bits per heavy atom. The van der Waals surface area contributed by atoms with Crippen LogP contribution in [0.3, 0.4) is 0 Å². The number of benzene rings is 2. The van der Waals surface area contributed by atoms with Gasteiger partial charge in [-0.25, -0.2) is 5.43 Å². The van der Waals surface area contributed by atoms with Gasteiger partial charge in [-0.05, 0) is 38.1 Å². The van der Waals surface area contributed by atoms with E-state index >= 15 is 0 Å². The highest BCUT2D eigenvalue weighted by atomic mass is 35.5. The van der Waals surface area contributed by atoms with Gasteiger partial charge in [0.05, 0.1) is 16.8 Å². The summed E-state index contributed by atoms with van der Waals surface area (Å²) in [5.41, 5.74) is 4.20. The third-order valence-electron chi connectivity index (χ3n) is 3.63. The SMILES string of the molecule is CCN(CC)c1ccc(/C=N\NC(=O)c2ccccc2Cl)c(O)c1. The molecule has 6 heteroatoms. The number of rotatable bonds is 6. The first-order valence-corrected chi connectivity index (χ1v) is 8.10. The molecule has 24 heavy (non-hydrogen) atoms. The van der Waals surface area contributed by atoms with Gasteiger partial charge in [-0.2, -0.15) is 5.10 Å². The fourth-order valence-corrected chi connectivity index (χ4v) is 2.51. The molecule has 0 saturated heterocycles. The van der Waals surface area contributed by atoms with Crippen molar-refractivity contribution in [3.63, 3.8) is 0 Å². The fourth-order valence-electron chi connectivity index (χ4n) is 2.29. The zero-order valence-corrected chi connectivity index (χ0v) is 14.4. The third kappa shape index (κ3) is 4.26. The van der Waals surface area contributed by atoms with Crippen LogP contribution in [0.2, 0.25) is 5.02 Å². The van der Waals surface area contributed by atoms with Crippen LogP contribution in [0.15, 0.2) is 47.6 Å². The molecule has 0 aliphatic heterocycles. The molecule has 0 radical (unpaired) electrons. The maximum atomic E-state index is 12.0. The van der Waals surface area contributed by atoms with Crippen molar-refractivity contribution in [1.29, 1.82) is 0 Å². The Balaban J connectivity index is 2.07. The van der Waals surface area contributed by atoms with E-state index in [2.05, 4.69) is 29.3 Å². The second-order valence-electron chi connectivity index (χ2n) is 5.09. The highest BCUT2D eigenvalue weighted by molar-refractivity contribution is 6.33. The monoisotopic (exact) mass is 345 g/mol. The van der Waals surface area contributed by atoms with Crippen LogP contribution in [0.5, 0.6) is 5.75 Å². The number of hydrazone groups is 1. The molecule has 2 aromatic rings. The van der Waals surface area contributed by atoms with Gasteiger partial charge in [0.25, 0.3) is 5.91 Å². The second-order valence-corrected chi connectivity index (χ2v) is 5.50. The van der Waals surface area contributed by atoms with Crippen LogP contribution in [0.1, 0.15) is 29.8 Å². The lowest BCUT2D eigenvalue weighted by Crippen LogP contribution is -2.21. The summed E-state index contributed by atoms with van der Waals surface area (Å²) in [6.45, 7) is 5.83.